The van der Waals surface area contributed by atoms with E-state index in [1.54, 1.807) is 48.5 Å². The topological polar surface area (TPSA) is 97.6 Å². The number of aromatic nitrogens is 2. The summed E-state index contributed by atoms with van der Waals surface area (Å²) in [6, 6.07) is 15.7. The van der Waals surface area contributed by atoms with Crippen molar-refractivity contribution in [2.75, 3.05) is 19.0 Å². The number of nitrogens with zero attached hydrogens (tertiary/aromatic N) is 3. The van der Waals surface area contributed by atoms with E-state index in [0.717, 1.165) is 23.5 Å². The minimum atomic E-state index is -0.440. The molecule has 1 heterocycles. The zero-order valence-corrected chi connectivity index (χ0v) is 19.4. The van der Waals surface area contributed by atoms with Gasteiger partial charge in [-0.3, -0.25) is 19.8 Å². The molecule has 3 aromatic rings. The molecule has 0 saturated heterocycles. The number of esters is 1. The maximum absolute atomic E-state index is 12.7. The number of guanidine groups is 1. The first-order valence-corrected chi connectivity index (χ1v) is 10.8. The van der Waals surface area contributed by atoms with Gasteiger partial charge in [0.05, 0.1) is 18.4 Å². The lowest BCUT2D eigenvalue weighted by Gasteiger charge is -2.13. The van der Waals surface area contributed by atoms with Crippen LogP contribution in [0.15, 0.2) is 59.6 Å². The lowest BCUT2D eigenvalue weighted by Crippen LogP contribution is -2.36. The number of carbonyl (C=O) groups is 2. The van der Waals surface area contributed by atoms with Crippen LogP contribution in [0.1, 0.15) is 44.6 Å². The molecule has 3 rings (SSSR count). The summed E-state index contributed by atoms with van der Waals surface area (Å²) in [6.45, 7) is 7.37. The van der Waals surface area contributed by atoms with Gasteiger partial charge in [-0.15, -0.1) is 0 Å². The number of rotatable bonds is 7. The minimum absolute atomic E-state index is 0.280. The second-order valence-electron chi connectivity index (χ2n) is 7.46. The van der Waals surface area contributed by atoms with Gasteiger partial charge in [0.2, 0.25) is 5.96 Å². The molecule has 33 heavy (non-hydrogen) atoms. The van der Waals surface area contributed by atoms with Gasteiger partial charge in [0.25, 0.3) is 5.91 Å². The molecule has 0 radical (unpaired) electrons. The highest BCUT2D eigenvalue weighted by Crippen LogP contribution is 2.15. The zero-order chi connectivity index (χ0) is 23.8. The largest absolute Gasteiger partial charge is 0.465 e. The summed E-state index contributed by atoms with van der Waals surface area (Å²) in [5.41, 5.74) is 4.79. The van der Waals surface area contributed by atoms with E-state index in [2.05, 4.69) is 34.6 Å². The predicted octanol–water partition coefficient (Wildman–Crippen LogP) is 3.75. The number of nitrogens with one attached hydrogen (secondary N) is 2. The first-order chi connectivity index (χ1) is 15.9. The van der Waals surface area contributed by atoms with E-state index < -0.39 is 5.97 Å². The number of anilines is 1. The van der Waals surface area contributed by atoms with E-state index in [1.165, 1.54) is 7.11 Å². The number of amides is 1. The molecule has 2 aromatic carbocycles. The van der Waals surface area contributed by atoms with Crippen molar-refractivity contribution in [2.45, 2.75) is 33.7 Å². The van der Waals surface area contributed by atoms with Crippen LogP contribution in [0.3, 0.4) is 0 Å². The number of hydrogen-bond donors (Lipinski definition) is 2. The van der Waals surface area contributed by atoms with Crippen molar-refractivity contribution in [1.29, 1.82) is 0 Å². The summed E-state index contributed by atoms with van der Waals surface area (Å²) >= 11 is 0. The number of hydrogen-bond acceptors (Lipinski definition) is 5. The first kappa shape index (κ1) is 23.7. The Morgan fingerprint density at radius 3 is 2.45 bits per heavy atom. The molecule has 0 aliphatic rings. The molecule has 0 aliphatic carbocycles. The van der Waals surface area contributed by atoms with Crippen LogP contribution in [0.25, 0.3) is 0 Å². The first-order valence-electron chi connectivity index (χ1n) is 10.8. The van der Waals surface area contributed by atoms with Crippen molar-refractivity contribution in [3.8, 4) is 0 Å². The third kappa shape index (κ3) is 6.06. The van der Waals surface area contributed by atoms with Gasteiger partial charge < -0.3 is 10.1 Å². The van der Waals surface area contributed by atoms with Crippen molar-refractivity contribution in [2.24, 2.45) is 4.99 Å². The Kier molecular flexibility index (Phi) is 7.96. The van der Waals surface area contributed by atoms with Crippen LogP contribution >= 0.6 is 0 Å². The third-order valence-corrected chi connectivity index (χ3v) is 5.28. The van der Waals surface area contributed by atoms with E-state index in [9.17, 15) is 9.59 Å². The van der Waals surface area contributed by atoms with Crippen LogP contribution in [-0.2, 0) is 17.7 Å². The number of aliphatic imine (C=N–C) groups is 1. The summed E-state index contributed by atoms with van der Waals surface area (Å²) in [5, 5.41) is 10.5. The molecule has 2 N–H and O–H groups in total. The monoisotopic (exact) mass is 447 g/mol. The standard InChI is InChI=1S/C25H29N5O3/c1-5-30-18(3)22(17(2)29-30)14-15-26-25(28-23(31)19-10-7-6-8-11-19)27-21-13-9-12-20(16-21)24(32)33-4/h6-13,16H,5,14-15H2,1-4H3,(H2,26,27,28,31). The lowest BCUT2D eigenvalue weighted by atomic mass is 10.1. The summed E-state index contributed by atoms with van der Waals surface area (Å²) in [5.74, 6) is -0.425. The van der Waals surface area contributed by atoms with Crippen LogP contribution in [0, 0.1) is 13.8 Å². The van der Waals surface area contributed by atoms with Crippen molar-refractivity contribution in [3.63, 3.8) is 0 Å². The molecule has 0 atom stereocenters. The van der Waals surface area contributed by atoms with Crippen molar-refractivity contribution in [3.05, 3.63) is 82.7 Å². The van der Waals surface area contributed by atoms with Crippen LogP contribution in [-0.4, -0.2) is 41.3 Å². The van der Waals surface area contributed by atoms with E-state index in [-0.39, 0.29) is 5.91 Å². The highest BCUT2D eigenvalue weighted by atomic mass is 16.5. The molecule has 1 aromatic heterocycles. The lowest BCUT2D eigenvalue weighted by molar-refractivity contribution is 0.0600. The fourth-order valence-corrected chi connectivity index (χ4v) is 3.54. The van der Waals surface area contributed by atoms with Gasteiger partial charge in [0.15, 0.2) is 0 Å². The molecule has 172 valence electrons. The summed E-state index contributed by atoms with van der Waals surface area (Å²) < 4.78 is 6.77. The van der Waals surface area contributed by atoms with Gasteiger partial charge in [-0.2, -0.15) is 5.10 Å². The number of benzene rings is 2. The molecule has 1 amide bonds. The average molecular weight is 448 g/mol. The summed E-state index contributed by atoms with van der Waals surface area (Å²) in [4.78, 5) is 29.2. The second kappa shape index (κ2) is 11.1. The van der Waals surface area contributed by atoms with Crippen LogP contribution in [0.5, 0.6) is 0 Å². The average Bonchev–Trinajstić information content (AvgIpc) is 3.11. The van der Waals surface area contributed by atoms with E-state index in [4.69, 9.17) is 4.74 Å². The summed E-state index contributed by atoms with van der Waals surface area (Å²) in [6.07, 6.45) is 0.687. The Morgan fingerprint density at radius 2 is 1.79 bits per heavy atom. The minimum Gasteiger partial charge on any atom is -0.465 e. The fourth-order valence-electron chi connectivity index (χ4n) is 3.54. The zero-order valence-electron chi connectivity index (χ0n) is 19.4. The van der Waals surface area contributed by atoms with Gasteiger partial charge in [0, 0.05) is 30.0 Å². The number of methoxy groups -OCH3 is 1. The van der Waals surface area contributed by atoms with Gasteiger partial charge >= 0.3 is 5.97 Å². The molecule has 0 unspecified atom stereocenters. The maximum atomic E-state index is 12.7. The summed E-state index contributed by atoms with van der Waals surface area (Å²) in [7, 11) is 1.33. The van der Waals surface area contributed by atoms with E-state index >= 15 is 0 Å². The van der Waals surface area contributed by atoms with Gasteiger partial charge in [0.1, 0.15) is 0 Å². The molecule has 0 spiro atoms. The molecule has 0 saturated carbocycles. The van der Waals surface area contributed by atoms with Crippen molar-refractivity contribution < 1.29 is 14.3 Å². The highest BCUT2D eigenvalue weighted by Gasteiger charge is 2.13. The predicted molar refractivity (Wildman–Crippen MR) is 129 cm³/mol. The molecule has 8 nitrogen and oxygen atoms in total. The number of carbonyl (C=O) groups excluding carboxylic acids is 2. The Hall–Kier alpha value is -3.94. The van der Waals surface area contributed by atoms with Crippen LogP contribution in [0.4, 0.5) is 5.69 Å². The quantitative estimate of drug-likeness (QED) is 0.327. The van der Waals surface area contributed by atoms with Crippen LogP contribution < -0.4 is 10.6 Å². The Balaban J connectivity index is 1.81. The molecular weight excluding hydrogens is 418 g/mol. The third-order valence-electron chi connectivity index (χ3n) is 5.28. The smallest absolute Gasteiger partial charge is 0.337 e. The molecule has 0 aliphatic heterocycles. The Morgan fingerprint density at radius 1 is 1.06 bits per heavy atom. The SMILES string of the molecule is CCn1nc(C)c(CCN=C(NC(=O)c2ccccc2)Nc2cccc(C(=O)OC)c2)c1C. The molecule has 0 bridgehead atoms. The van der Waals surface area contributed by atoms with Gasteiger partial charge in [-0.05, 0) is 63.1 Å². The maximum Gasteiger partial charge on any atom is 0.337 e. The number of aryl methyl sites for hydroxylation is 2. The Labute approximate surface area is 193 Å². The fraction of sp³-hybridized carbons (Fsp3) is 0.280. The second-order valence-corrected chi connectivity index (χ2v) is 7.46. The molecule has 8 heteroatoms. The normalized spacial score (nSPS) is 11.2. The number of ether oxygens (including phenoxy) is 1. The Bertz CT molecular complexity index is 1150. The van der Waals surface area contributed by atoms with Crippen molar-refractivity contribution >= 4 is 23.5 Å². The van der Waals surface area contributed by atoms with Crippen LogP contribution in [0.2, 0.25) is 0 Å². The van der Waals surface area contributed by atoms with Gasteiger partial charge in [-0.1, -0.05) is 24.3 Å². The van der Waals surface area contributed by atoms with E-state index in [1.807, 2.05) is 17.7 Å². The van der Waals surface area contributed by atoms with Gasteiger partial charge in [-0.25, -0.2) is 4.79 Å². The molecular formula is C25H29N5O3. The van der Waals surface area contributed by atoms with Crippen molar-refractivity contribution in [1.82, 2.24) is 15.1 Å². The van der Waals surface area contributed by atoms with E-state index in [0.29, 0.717) is 35.7 Å². The molecule has 0 fully saturated rings. The highest BCUT2D eigenvalue weighted by molar-refractivity contribution is 6.10.